The normalized spacial score (nSPS) is 9.62. The van der Waals surface area contributed by atoms with Crippen LogP contribution >= 0.6 is 11.8 Å². The first-order chi connectivity index (χ1) is 6.09. The summed E-state index contributed by atoms with van der Waals surface area (Å²) in [4.78, 5) is 21.2. The summed E-state index contributed by atoms with van der Waals surface area (Å²) in [5.41, 5.74) is 0.0351. The monoisotopic (exact) mass is 197 g/mol. The van der Waals surface area contributed by atoms with Crippen LogP contribution in [0.2, 0.25) is 0 Å². The molecule has 0 aliphatic heterocycles. The minimum atomic E-state index is -0.470. The van der Waals surface area contributed by atoms with Gasteiger partial charge in [0.15, 0.2) is 5.12 Å². The highest BCUT2D eigenvalue weighted by molar-refractivity contribution is 8.13. The zero-order valence-corrected chi connectivity index (χ0v) is 7.71. The molecule has 1 aromatic rings. The Hall–Kier alpha value is -1.36. The van der Waals surface area contributed by atoms with E-state index in [9.17, 15) is 14.9 Å². The maximum atomic E-state index is 10.7. The first kappa shape index (κ1) is 9.73. The molecule has 13 heavy (non-hydrogen) atoms. The summed E-state index contributed by atoms with van der Waals surface area (Å²) >= 11 is 1.06. The molecular weight excluding hydrogens is 190 g/mol. The number of carbonyl (C=O) groups is 1. The number of carbonyl (C=O) groups excluding carboxylic acids is 1. The van der Waals surface area contributed by atoms with E-state index in [4.69, 9.17) is 0 Å². The summed E-state index contributed by atoms with van der Waals surface area (Å²) in [5.74, 6) is 0. The molecule has 1 aromatic carbocycles. The smallest absolute Gasteiger partial charge is 0.269 e. The number of nitro groups is 1. The van der Waals surface area contributed by atoms with E-state index in [0.717, 1.165) is 16.7 Å². The molecule has 0 fully saturated rings. The minimum absolute atomic E-state index is 0.0335. The van der Waals surface area contributed by atoms with E-state index in [1.54, 1.807) is 12.1 Å². The molecular formula is C8H7NO3S. The lowest BCUT2D eigenvalue weighted by Gasteiger charge is -1.95. The molecule has 1 rings (SSSR count). The van der Waals surface area contributed by atoms with Gasteiger partial charge in [0.2, 0.25) is 0 Å². The number of hydrogen-bond acceptors (Lipinski definition) is 4. The first-order valence-corrected chi connectivity index (χ1v) is 4.34. The number of hydrogen-bond donors (Lipinski definition) is 0. The third kappa shape index (κ3) is 2.87. The van der Waals surface area contributed by atoms with Crippen molar-refractivity contribution < 1.29 is 9.72 Å². The topological polar surface area (TPSA) is 60.2 Å². The average molecular weight is 197 g/mol. The Labute approximate surface area is 79.1 Å². The van der Waals surface area contributed by atoms with Crippen LogP contribution in [0.25, 0.3) is 0 Å². The van der Waals surface area contributed by atoms with Crippen molar-refractivity contribution in [1.29, 1.82) is 0 Å². The predicted octanol–water partition coefficient (Wildman–Crippen LogP) is 2.23. The maximum absolute atomic E-state index is 10.7. The van der Waals surface area contributed by atoms with Crippen LogP contribution < -0.4 is 0 Å². The van der Waals surface area contributed by atoms with Crippen molar-refractivity contribution >= 4 is 22.6 Å². The Morgan fingerprint density at radius 2 is 1.92 bits per heavy atom. The van der Waals surface area contributed by atoms with Gasteiger partial charge in [0.1, 0.15) is 0 Å². The van der Waals surface area contributed by atoms with Crippen LogP contribution in [0.15, 0.2) is 29.2 Å². The van der Waals surface area contributed by atoms with Gasteiger partial charge in [0.05, 0.1) is 4.92 Å². The number of non-ortho nitro benzene ring substituents is 1. The Bertz CT molecular complexity index is 334. The van der Waals surface area contributed by atoms with Gasteiger partial charge in [0, 0.05) is 24.0 Å². The lowest BCUT2D eigenvalue weighted by molar-refractivity contribution is -0.384. The van der Waals surface area contributed by atoms with Gasteiger partial charge in [-0.2, -0.15) is 0 Å². The standard InChI is InChI=1S/C8H7NO3S/c1-6(10)13-8-4-2-7(3-5-8)9(11)12/h2-5H,1H3. The van der Waals surface area contributed by atoms with Crippen molar-refractivity contribution in [1.82, 2.24) is 0 Å². The fourth-order valence-electron chi connectivity index (χ4n) is 0.802. The predicted molar refractivity (Wildman–Crippen MR) is 49.6 cm³/mol. The zero-order valence-electron chi connectivity index (χ0n) is 6.89. The maximum Gasteiger partial charge on any atom is 0.269 e. The van der Waals surface area contributed by atoms with Crippen LogP contribution in [0.1, 0.15) is 6.92 Å². The van der Waals surface area contributed by atoms with Gasteiger partial charge in [-0.1, -0.05) is 11.8 Å². The van der Waals surface area contributed by atoms with Gasteiger partial charge in [-0.15, -0.1) is 0 Å². The van der Waals surface area contributed by atoms with Gasteiger partial charge < -0.3 is 0 Å². The fourth-order valence-corrected chi connectivity index (χ4v) is 1.41. The van der Waals surface area contributed by atoms with E-state index in [2.05, 4.69) is 0 Å². The molecule has 0 bridgehead atoms. The Balaban J connectivity index is 2.81. The third-order valence-corrected chi connectivity index (χ3v) is 2.10. The highest BCUT2D eigenvalue weighted by atomic mass is 32.2. The van der Waals surface area contributed by atoms with Crippen molar-refractivity contribution in [2.24, 2.45) is 0 Å². The molecule has 4 nitrogen and oxygen atoms in total. The molecule has 0 saturated heterocycles. The van der Waals surface area contributed by atoms with E-state index in [1.807, 2.05) is 0 Å². The van der Waals surface area contributed by atoms with Crippen molar-refractivity contribution in [3.8, 4) is 0 Å². The molecule has 0 heterocycles. The Morgan fingerprint density at radius 3 is 2.31 bits per heavy atom. The molecule has 0 saturated carbocycles. The van der Waals surface area contributed by atoms with Crippen molar-refractivity contribution in [2.75, 3.05) is 0 Å². The number of nitrogens with zero attached hydrogens (tertiary/aromatic N) is 1. The van der Waals surface area contributed by atoms with Gasteiger partial charge in [-0.3, -0.25) is 14.9 Å². The van der Waals surface area contributed by atoms with E-state index < -0.39 is 4.92 Å². The molecule has 0 unspecified atom stereocenters. The van der Waals surface area contributed by atoms with Gasteiger partial charge in [0.25, 0.3) is 5.69 Å². The summed E-state index contributed by atoms with van der Waals surface area (Å²) in [6.07, 6.45) is 0. The highest BCUT2D eigenvalue weighted by Crippen LogP contribution is 2.21. The molecule has 0 N–H and O–H groups in total. The van der Waals surface area contributed by atoms with Gasteiger partial charge in [-0.25, -0.2) is 0 Å². The SMILES string of the molecule is CC(=O)Sc1ccc([N+](=O)[O-])cc1. The molecule has 0 radical (unpaired) electrons. The lowest BCUT2D eigenvalue weighted by atomic mass is 10.3. The molecule has 0 amide bonds. The van der Waals surface area contributed by atoms with Crippen LogP contribution in [0.3, 0.4) is 0 Å². The molecule has 68 valence electrons. The van der Waals surface area contributed by atoms with Crippen LogP contribution in [-0.4, -0.2) is 10.0 Å². The number of thioether (sulfide) groups is 1. The number of nitro benzene ring substituents is 1. The largest absolute Gasteiger partial charge is 0.287 e. The Kier molecular flexibility index (Phi) is 3.02. The van der Waals surface area contributed by atoms with Crippen molar-refractivity contribution in [3.05, 3.63) is 34.4 Å². The minimum Gasteiger partial charge on any atom is -0.287 e. The Morgan fingerprint density at radius 1 is 1.38 bits per heavy atom. The molecule has 0 atom stereocenters. The third-order valence-electron chi connectivity index (χ3n) is 1.31. The summed E-state index contributed by atoms with van der Waals surface area (Å²) < 4.78 is 0. The van der Waals surface area contributed by atoms with Crippen LogP contribution in [0, 0.1) is 10.1 Å². The van der Waals surface area contributed by atoms with Crippen LogP contribution in [0.4, 0.5) is 5.69 Å². The molecule has 0 aromatic heterocycles. The second kappa shape index (κ2) is 4.04. The second-order valence-electron chi connectivity index (χ2n) is 2.34. The van der Waals surface area contributed by atoms with Crippen molar-refractivity contribution in [3.63, 3.8) is 0 Å². The average Bonchev–Trinajstić information content (AvgIpc) is 2.04. The van der Waals surface area contributed by atoms with Gasteiger partial charge in [-0.05, 0) is 12.1 Å². The summed E-state index contributed by atoms with van der Waals surface area (Å²) in [6.45, 7) is 1.45. The van der Waals surface area contributed by atoms with E-state index >= 15 is 0 Å². The highest BCUT2D eigenvalue weighted by Gasteiger charge is 2.04. The number of benzene rings is 1. The first-order valence-electron chi connectivity index (χ1n) is 3.52. The summed E-state index contributed by atoms with van der Waals surface area (Å²) in [6, 6.07) is 5.88. The summed E-state index contributed by atoms with van der Waals surface area (Å²) in [7, 11) is 0. The zero-order chi connectivity index (χ0) is 9.84. The van der Waals surface area contributed by atoms with E-state index in [1.165, 1.54) is 19.1 Å². The van der Waals surface area contributed by atoms with Gasteiger partial charge >= 0.3 is 0 Å². The quantitative estimate of drug-likeness (QED) is 0.414. The molecule has 0 spiro atoms. The summed E-state index contributed by atoms with van der Waals surface area (Å²) in [5, 5.41) is 10.2. The molecule has 5 heteroatoms. The van der Waals surface area contributed by atoms with E-state index in [-0.39, 0.29) is 10.8 Å². The van der Waals surface area contributed by atoms with Crippen LogP contribution in [0.5, 0.6) is 0 Å². The van der Waals surface area contributed by atoms with Crippen molar-refractivity contribution in [2.45, 2.75) is 11.8 Å². The van der Waals surface area contributed by atoms with E-state index in [0.29, 0.717) is 0 Å². The second-order valence-corrected chi connectivity index (χ2v) is 3.60. The van der Waals surface area contributed by atoms with Crippen LogP contribution in [-0.2, 0) is 4.79 Å². The lowest BCUT2D eigenvalue weighted by Crippen LogP contribution is -1.87. The fraction of sp³-hybridized carbons (Fsp3) is 0.125. The number of rotatable bonds is 2. The molecule has 0 aliphatic carbocycles. The molecule has 0 aliphatic rings.